The van der Waals surface area contributed by atoms with Gasteiger partial charge in [0.2, 0.25) is 0 Å². The van der Waals surface area contributed by atoms with Gasteiger partial charge in [-0.2, -0.15) is 0 Å². The Bertz CT molecular complexity index is 1350. The summed E-state index contributed by atoms with van der Waals surface area (Å²) >= 11 is 0. The molecule has 0 saturated carbocycles. The molecule has 5 rings (SSSR count). The lowest BCUT2D eigenvalue weighted by atomic mass is 10.1. The molecule has 0 spiro atoms. The van der Waals surface area contributed by atoms with Crippen molar-refractivity contribution in [3.63, 3.8) is 0 Å². The van der Waals surface area contributed by atoms with Crippen molar-refractivity contribution >= 4 is 22.3 Å². The SMILES string of the molecule is CCN(c1cccnc1)c1cccnc1-c1ccc(OCc2ccc3ccccc3n2)cc1. The van der Waals surface area contributed by atoms with E-state index in [1.165, 1.54) is 0 Å². The maximum atomic E-state index is 6.00. The molecule has 5 aromatic rings. The van der Waals surface area contributed by atoms with E-state index in [0.717, 1.165) is 51.5 Å². The molecule has 0 aliphatic heterocycles. The van der Waals surface area contributed by atoms with E-state index in [0.29, 0.717) is 6.61 Å². The molecule has 5 heteroatoms. The predicted molar refractivity (Wildman–Crippen MR) is 133 cm³/mol. The van der Waals surface area contributed by atoms with Crippen molar-refractivity contribution in [3.05, 3.63) is 109 Å². The van der Waals surface area contributed by atoms with Crippen LogP contribution in [0.1, 0.15) is 12.6 Å². The Morgan fingerprint density at radius 3 is 2.48 bits per heavy atom. The first-order chi connectivity index (χ1) is 16.3. The quantitative estimate of drug-likeness (QED) is 0.297. The second-order valence-corrected chi connectivity index (χ2v) is 7.63. The summed E-state index contributed by atoms with van der Waals surface area (Å²) in [7, 11) is 0. The van der Waals surface area contributed by atoms with Gasteiger partial charge in [0.15, 0.2) is 0 Å². The zero-order valence-corrected chi connectivity index (χ0v) is 18.4. The molecule has 0 aliphatic carbocycles. The van der Waals surface area contributed by atoms with Gasteiger partial charge in [0.05, 0.1) is 34.5 Å². The molecule has 33 heavy (non-hydrogen) atoms. The molecular formula is C28H24N4O. The summed E-state index contributed by atoms with van der Waals surface area (Å²) in [6.45, 7) is 3.36. The fourth-order valence-corrected chi connectivity index (χ4v) is 3.90. The van der Waals surface area contributed by atoms with E-state index in [1.54, 1.807) is 6.20 Å². The summed E-state index contributed by atoms with van der Waals surface area (Å²) in [4.78, 5) is 15.8. The second kappa shape index (κ2) is 9.49. The number of nitrogens with zero attached hydrogens (tertiary/aromatic N) is 4. The van der Waals surface area contributed by atoms with E-state index in [9.17, 15) is 0 Å². The van der Waals surface area contributed by atoms with E-state index in [-0.39, 0.29) is 0 Å². The fraction of sp³-hybridized carbons (Fsp3) is 0.107. The highest BCUT2D eigenvalue weighted by Crippen LogP contribution is 2.33. The average Bonchev–Trinajstić information content (AvgIpc) is 2.89. The van der Waals surface area contributed by atoms with Gasteiger partial charge in [0, 0.05) is 29.9 Å². The predicted octanol–water partition coefficient (Wildman–Crippen LogP) is 6.43. The van der Waals surface area contributed by atoms with Crippen LogP contribution in [0.25, 0.3) is 22.2 Å². The Labute approximate surface area is 193 Å². The van der Waals surface area contributed by atoms with Crippen LogP contribution < -0.4 is 9.64 Å². The highest BCUT2D eigenvalue weighted by molar-refractivity contribution is 5.80. The van der Waals surface area contributed by atoms with Crippen molar-refractivity contribution in [1.82, 2.24) is 15.0 Å². The van der Waals surface area contributed by atoms with Crippen molar-refractivity contribution in [2.24, 2.45) is 0 Å². The van der Waals surface area contributed by atoms with Gasteiger partial charge in [-0.25, -0.2) is 4.98 Å². The lowest BCUT2D eigenvalue weighted by Crippen LogP contribution is -2.17. The average molecular weight is 433 g/mol. The second-order valence-electron chi connectivity index (χ2n) is 7.63. The summed E-state index contributed by atoms with van der Waals surface area (Å²) in [5.41, 5.74) is 5.92. The van der Waals surface area contributed by atoms with Crippen LogP contribution in [0.15, 0.2) is 104 Å². The lowest BCUT2D eigenvalue weighted by molar-refractivity contribution is 0.302. The lowest BCUT2D eigenvalue weighted by Gasteiger charge is -2.25. The zero-order chi connectivity index (χ0) is 22.5. The van der Waals surface area contributed by atoms with Crippen molar-refractivity contribution in [1.29, 1.82) is 0 Å². The summed E-state index contributed by atoms with van der Waals surface area (Å²) in [5, 5.41) is 1.13. The number of benzene rings is 2. The maximum absolute atomic E-state index is 6.00. The third kappa shape index (κ3) is 4.53. The van der Waals surface area contributed by atoms with Crippen LogP contribution in [0.5, 0.6) is 5.75 Å². The van der Waals surface area contributed by atoms with Crippen LogP contribution in [0.4, 0.5) is 11.4 Å². The van der Waals surface area contributed by atoms with Crippen LogP contribution in [0.3, 0.4) is 0 Å². The summed E-state index contributed by atoms with van der Waals surface area (Å²) in [6, 6.07) is 28.3. The van der Waals surface area contributed by atoms with E-state index < -0.39 is 0 Å². The molecular weight excluding hydrogens is 408 g/mol. The maximum Gasteiger partial charge on any atom is 0.130 e. The summed E-state index contributed by atoms with van der Waals surface area (Å²) < 4.78 is 6.00. The molecule has 0 radical (unpaired) electrons. The highest BCUT2D eigenvalue weighted by Gasteiger charge is 2.14. The molecule has 3 aromatic heterocycles. The van der Waals surface area contributed by atoms with Crippen LogP contribution in [-0.2, 0) is 6.61 Å². The van der Waals surface area contributed by atoms with Gasteiger partial charge >= 0.3 is 0 Å². The van der Waals surface area contributed by atoms with Crippen LogP contribution in [0.2, 0.25) is 0 Å². The molecule has 3 heterocycles. The number of hydrogen-bond donors (Lipinski definition) is 0. The normalized spacial score (nSPS) is 10.8. The molecule has 0 amide bonds. The topological polar surface area (TPSA) is 51.1 Å². The largest absolute Gasteiger partial charge is 0.487 e. The van der Waals surface area contributed by atoms with Gasteiger partial charge in [-0.3, -0.25) is 9.97 Å². The number of para-hydroxylation sites is 1. The first-order valence-electron chi connectivity index (χ1n) is 11.0. The number of aromatic nitrogens is 3. The third-order valence-electron chi connectivity index (χ3n) is 5.52. The number of anilines is 2. The van der Waals surface area contributed by atoms with Gasteiger partial charge in [-0.1, -0.05) is 24.3 Å². The highest BCUT2D eigenvalue weighted by atomic mass is 16.5. The molecule has 0 bridgehead atoms. The van der Waals surface area contributed by atoms with Crippen molar-refractivity contribution < 1.29 is 4.74 Å². The molecule has 0 saturated heterocycles. The number of ether oxygens (including phenoxy) is 1. The molecule has 2 aromatic carbocycles. The molecule has 162 valence electrons. The molecule has 0 unspecified atom stereocenters. The Balaban J connectivity index is 1.35. The van der Waals surface area contributed by atoms with Gasteiger partial charge in [-0.15, -0.1) is 0 Å². The van der Waals surface area contributed by atoms with Gasteiger partial charge in [0.1, 0.15) is 12.4 Å². The Morgan fingerprint density at radius 1 is 0.818 bits per heavy atom. The number of hydrogen-bond acceptors (Lipinski definition) is 5. The first-order valence-corrected chi connectivity index (χ1v) is 11.0. The minimum atomic E-state index is 0.420. The molecule has 0 aliphatic rings. The van der Waals surface area contributed by atoms with Crippen LogP contribution in [0, 0.1) is 0 Å². The van der Waals surface area contributed by atoms with E-state index in [4.69, 9.17) is 4.74 Å². The van der Waals surface area contributed by atoms with Crippen LogP contribution in [-0.4, -0.2) is 21.5 Å². The molecule has 0 atom stereocenters. The Hall–Kier alpha value is -4.25. The van der Waals surface area contributed by atoms with Crippen molar-refractivity contribution in [2.75, 3.05) is 11.4 Å². The Kier molecular flexibility index (Phi) is 5.93. The van der Waals surface area contributed by atoms with Gasteiger partial charge in [-0.05, 0) is 67.6 Å². The Morgan fingerprint density at radius 2 is 1.67 bits per heavy atom. The number of rotatable bonds is 7. The smallest absolute Gasteiger partial charge is 0.130 e. The van der Waals surface area contributed by atoms with Crippen molar-refractivity contribution in [2.45, 2.75) is 13.5 Å². The minimum absolute atomic E-state index is 0.420. The van der Waals surface area contributed by atoms with E-state index in [1.807, 2.05) is 73.1 Å². The van der Waals surface area contributed by atoms with Crippen LogP contribution >= 0.6 is 0 Å². The van der Waals surface area contributed by atoms with Gasteiger partial charge in [0.25, 0.3) is 0 Å². The molecule has 5 nitrogen and oxygen atoms in total. The monoisotopic (exact) mass is 432 g/mol. The molecule has 0 fully saturated rings. The summed E-state index contributed by atoms with van der Waals surface area (Å²) in [6.07, 6.45) is 5.48. The summed E-state index contributed by atoms with van der Waals surface area (Å²) in [5.74, 6) is 0.797. The van der Waals surface area contributed by atoms with Crippen molar-refractivity contribution in [3.8, 4) is 17.0 Å². The minimum Gasteiger partial charge on any atom is -0.487 e. The zero-order valence-electron chi connectivity index (χ0n) is 18.4. The number of fused-ring (bicyclic) bond motifs is 1. The fourth-order valence-electron chi connectivity index (χ4n) is 3.90. The number of pyridine rings is 3. The third-order valence-corrected chi connectivity index (χ3v) is 5.52. The first kappa shape index (κ1) is 20.6. The molecule has 0 N–H and O–H groups in total. The van der Waals surface area contributed by atoms with E-state index in [2.05, 4.69) is 51.0 Å². The standard InChI is InChI=1S/C28H24N4O/c1-2-32(24-8-5-17-29-19-24)27-10-6-18-30-28(27)22-12-15-25(16-13-22)33-20-23-14-11-21-7-3-4-9-26(21)31-23/h3-19H,2,20H2,1H3. The van der Waals surface area contributed by atoms with Gasteiger partial charge < -0.3 is 9.64 Å². The van der Waals surface area contributed by atoms with E-state index >= 15 is 0 Å².